The van der Waals surface area contributed by atoms with Crippen LogP contribution in [-0.4, -0.2) is 17.8 Å². The highest BCUT2D eigenvalue weighted by Crippen LogP contribution is 2.10. The molecule has 0 saturated carbocycles. The van der Waals surface area contributed by atoms with Crippen molar-refractivity contribution in [1.82, 2.24) is 5.32 Å². The van der Waals surface area contributed by atoms with Crippen LogP contribution in [0.1, 0.15) is 16.8 Å². The van der Waals surface area contributed by atoms with Gasteiger partial charge in [-0.2, -0.15) is 0 Å². The van der Waals surface area contributed by atoms with E-state index in [0.717, 1.165) is 11.8 Å². The molecule has 0 aromatic heterocycles. The van der Waals surface area contributed by atoms with Crippen molar-refractivity contribution in [3.8, 4) is 0 Å². The molecular weight excluding hydrogens is 265 g/mol. The van der Waals surface area contributed by atoms with Gasteiger partial charge in [-0.3, -0.25) is 4.79 Å². The molecule has 0 bridgehead atoms. The van der Waals surface area contributed by atoms with E-state index >= 15 is 0 Å². The van der Waals surface area contributed by atoms with Gasteiger partial charge in [0.25, 0.3) is 5.91 Å². The Kier molecular flexibility index (Phi) is 4.98. The van der Waals surface area contributed by atoms with Crippen LogP contribution in [0.4, 0.5) is 0 Å². The summed E-state index contributed by atoms with van der Waals surface area (Å²) in [6.45, 7) is 0.677. The number of benzene rings is 1. The largest absolute Gasteiger partial charge is 0.352 e. The molecule has 0 fully saturated rings. The fourth-order valence-electron chi connectivity index (χ4n) is 1.00. The minimum atomic E-state index is -0.0755. The monoisotopic (exact) mass is 275 g/mol. The number of amides is 1. The molecule has 1 aromatic carbocycles. The Bertz CT molecular complexity index is 317. The second-order valence-electron chi connectivity index (χ2n) is 2.81. The highest BCUT2D eigenvalue weighted by molar-refractivity contribution is 9.09. The Hall–Kier alpha value is -0.540. The zero-order valence-electron chi connectivity index (χ0n) is 7.59. The van der Waals surface area contributed by atoms with Crippen LogP contribution in [0.5, 0.6) is 0 Å². The molecule has 0 aliphatic heterocycles. The maximum absolute atomic E-state index is 11.5. The van der Waals surface area contributed by atoms with Crippen molar-refractivity contribution in [1.29, 1.82) is 0 Å². The van der Waals surface area contributed by atoms with Crippen LogP contribution in [0, 0.1) is 0 Å². The van der Waals surface area contributed by atoms with Gasteiger partial charge in [0.05, 0.1) is 0 Å². The number of hydrogen-bond donors (Lipinski definition) is 1. The van der Waals surface area contributed by atoms with Gasteiger partial charge in [-0.25, -0.2) is 0 Å². The first kappa shape index (κ1) is 11.5. The normalized spacial score (nSPS) is 9.86. The Labute approximate surface area is 96.8 Å². The van der Waals surface area contributed by atoms with Crippen molar-refractivity contribution in [3.63, 3.8) is 0 Å². The van der Waals surface area contributed by atoms with Crippen molar-refractivity contribution in [2.75, 3.05) is 11.9 Å². The predicted octanol–water partition coefficient (Wildman–Crippen LogP) is 2.85. The molecule has 14 heavy (non-hydrogen) atoms. The van der Waals surface area contributed by atoms with Crippen molar-refractivity contribution >= 4 is 33.4 Å². The molecule has 1 N–H and O–H groups in total. The smallest absolute Gasteiger partial charge is 0.251 e. The lowest BCUT2D eigenvalue weighted by molar-refractivity contribution is 0.0954. The van der Waals surface area contributed by atoms with Crippen LogP contribution in [0.2, 0.25) is 5.02 Å². The minimum Gasteiger partial charge on any atom is -0.352 e. The fraction of sp³-hybridized carbons (Fsp3) is 0.300. The third kappa shape index (κ3) is 3.68. The zero-order chi connectivity index (χ0) is 10.4. The van der Waals surface area contributed by atoms with Crippen LogP contribution in [0.3, 0.4) is 0 Å². The first-order valence-electron chi connectivity index (χ1n) is 4.34. The van der Waals surface area contributed by atoms with E-state index in [4.69, 9.17) is 11.6 Å². The quantitative estimate of drug-likeness (QED) is 0.665. The van der Waals surface area contributed by atoms with Gasteiger partial charge in [-0.1, -0.05) is 33.6 Å². The molecule has 1 amide bonds. The van der Waals surface area contributed by atoms with Gasteiger partial charge in [-0.05, 0) is 24.6 Å². The molecule has 0 unspecified atom stereocenters. The van der Waals surface area contributed by atoms with Crippen molar-refractivity contribution in [2.45, 2.75) is 6.42 Å². The van der Waals surface area contributed by atoms with Crippen LogP contribution >= 0.6 is 27.5 Å². The molecular formula is C10H11BrClNO. The Morgan fingerprint density at radius 1 is 1.50 bits per heavy atom. The molecule has 0 saturated heterocycles. The molecule has 1 aromatic rings. The number of carbonyl (C=O) groups is 1. The molecule has 0 radical (unpaired) electrons. The van der Waals surface area contributed by atoms with Crippen LogP contribution < -0.4 is 5.32 Å². The van der Waals surface area contributed by atoms with Gasteiger partial charge >= 0.3 is 0 Å². The summed E-state index contributed by atoms with van der Waals surface area (Å²) in [6.07, 6.45) is 0.923. The van der Waals surface area contributed by atoms with Gasteiger partial charge in [0, 0.05) is 22.5 Å². The maximum Gasteiger partial charge on any atom is 0.251 e. The Morgan fingerprint density at radius 2 is 2.29 bits per heavy atom. The molecule has 2 nitrogen and oxygen atoms in total. The van der Waals surface area contributed by atoms with Crippen molar-refractivity contribution in [3.05, 3.63) is 34.9 Å². The van der Waals surface area contributed by atoms with E-state index < -0.39 is 0 Å². The Balaban J connectivity index is 2.52. The standard InChI is InChI=1S/C10H11BrClNO/c11-5-2-6-13-10(14)8-3-1-4-9(12)7-8/h1,3-4,7H,2,5-6H2,(H,13,14). The number of nitrogens with one attached hydrogen (secondary N) is 1. The minimum absolute atomic E-state index is 0.0755. The highest BCUT2D eigenvalue weighted by Gasteiger charge is 2.03. The van der Waals surface area contributed by atoms with E-state index in [1.54, 1.807) is 24.3 Å². The summed E-state index contributed by atoms with van der Waals surface area (Å²) in [5, 5.41) is 4.27. The third-order valence-electron chi connectivity index (χ3n) is 1.68. The summed E-state index contributed by atoms with van der Waals surface area (Å²) < 4.78 is 0. The summed E-state index contributed by atoms with van der Waals surface area (Å²) in [5.41, 5.74) is 0.604. The molecule has 0 heterocycles. The summed E-state index contributed by atoms with van der Waals surface area (Å²) in [7, 11) is 0. The number of rotatable bonds is 4. The lowest BCUT2D eigenvalue weighted by Gasteiger charge is -2.03. The number of carbonyl (C=O) groups excluding carboxylic acids is 1. The topological polar surface area (TPSA) is 29.1 Å². The van der Waals surface area contributed by atoms with E-state index in [1.807, 2.05) is 0 Å². The van der Waals surface area contributed by atoms with Gasteiger partial charge in [0.2, 0.25) is 0 Å². The maximum atomic E-state index is 11.5. The molecule has 0 aliphatic carbocycles. The van der Waals surface area contributed by atoms with E-state index in [2.05, 4.69) is 21.2 Å². The van der Waals surface area contributed by atoms with Crippen LogP contribution in [0.25, 0.3) is 0 Å². The zero-order valence-corrected chi connectivity index (χ0v) is 9.94. The molecule has 76 valence electrons. The van der Waals surface area contributed by atoms with Crippen molar-refractivity contribution in [2.24, 2.45) is 0 Å². The van der Waals surface area contributed by atoms with Gasteiger partial charge < -0.3 is 5.32 Å². The molecule has 0 spiro atoms. The van der Waals surface area contributed by atoms with Crippen LogP contribution in [-0.2, 0) is 0 Å². The van der Waals surface area contributed by atoms with E-state index in [9.17, 15) is 4.79 Å². The molecule has 4 heteroatoms. The van der Waals surface area contributed by atoms with Gasteiger partial charge in [0.15, 0.2) is 0 Å². The lowest BCUT2D eigenvalue weighted by atomic mass is 10.2. The average Bonchev–Trinajstić information content (AvgIpc) is 2.18. The summed E-state index contributed by atoms with van der Waals surface area (Å²) in [5.74, 6) is -0.0755. The number of alkyl halides is 1. The van der Waals surface area contributed by atoms with Gasteiger partial charge in [-0.15, -0.1) is 0 Å². The van der Waals surface area contributed by atoms with Crippen LogP contribution in [0.15, 0.2) is 24.3 Å². The first-order chi connectivity index (χ1) is 6.74. The van der Waals surface area contributed by atoms with Crippen molar-refractivity contribution < 1.29 is 4.79 Å². The highest BCUT2D eigenvalue weighted by atomic mass is 79.9. The second kappa shape index (κ2) is 6.04. The summed E-state index contributed by atoms with van der Waals surface area (Å²) in [6, 6.07) is 6.92. The van der Waals surface area contributed by atoms with E-state index in [-0.39, 0.29) is 5.91 Å². The Morgan fingerprint density at radius 3 is 2.93 bits per heavy atom. The lowest BCUT2D eigenvalue weighted by Crippen LogP contribution is -2.24. The fourth-order valence-corrected chi connectivity index (χ4v) is 1.47. The SMILES string of the molecule is O=C(NCCCBr)c1cccc(Cl)c1. The van der Waals surface area contributed by atoms with Gasteiger partial charge in [0.1, 0.15) is 0 Å². The average molecular weight is 277 g/mol. The predicted molar refractivity (Wildman–Crippen MR) is 62.2 cm³/mol. The van der Waals surface area contributed by atoms with E-state index in [1.165, 1.54) is 0 Å². The first-order valence-corrected chi connectivity index (χ1v) is 5.83. The van der Waals surface area contributed by atoms with E-state index in [0.29, 0.717) is 17.1 Å². The summed E-state index contributed by atoms with van der Waals surface area (Å²) >= 11 is 9.06. The second-order valence-corrected chi connectivity index (χ2v) is 4.04. The molecule has 1 rings (SSSR count). The molecule has 0 atom stereocenters. The number of halogens is 2. The third-order valence-corrected chi connectivity index (χ3v) is 2.48. The molecule has 0 aliphatic rings. The number of hydrogen-bond acceptors (Lipinski definition) is 1. The summed E-state index contributed by atoms with van der Waals surface area (Å²) in [4.78, 5) is 11.5.